The molecule has 1 aromatic carbocycles. The third kappa shape index (κ3) is 2.24. The molecule has 0 unspecified atom stereocenters. The van der Waals surface area contributed by atoms with Gasteiger partial charge in [0.2, 0.25) is 5.88 Å². The van der Waals surface area contributed by atoms with E-state index in [0.29, 0.717) is 16.9 Å². The average molecular weight is 241 g/mol. The highest BCUT2D eigenvalue weighted by Crippen LogP contribution is 2.29. The van der Waals surface area contributed by atoms with Crippen LogP contribution in [0.3, 0.4) is 0 Å². The van der Waals surface area contributed by atoms with Crippen molar-refractivity contribution in [1.29, 1.82) is 5.26 Å². The number of hydrogen-bond acceptors (Lipinski definition) is 5. The fourth-order valence-electron chi connectivity index (χ4n) is 1.47. The second-order valence-corrected chi connectivity index (χ2v) is 3.56. The Hall–Kier alpha value is -2.58. The molecule has 0 amide bonds. The molecule has 3 N–H and O–H groups in total. The monoisotopic (exact) mass is 241 g/mol. The molecule has 1 heterocycles. The molecular formula is C13H11N3O2. The molecule has 90 valence electrons. The molecule has 0 fully saturated rings. The van der Waals surface area contributed by atoms with Crippen molar-refractivity contribution in [3.8, 4) is 17.7 Å². The van der Waals surface area contributed by atoms with Crippen LogP contribution in [0.25, 0.3) is 0 Å². The van der Waals surface area contributed by atoms with Gasteiger partial charge < -0.3 is 15.6 Å². The van der Waals surface area contributed by atoms with Gasteiger partial charge in [0.15, 0.2) is 0 Å². The predicted molar refractivity (Wildman–Crippen MR) is 65.8 cm³/mol. The molecule has 0 saturated heterocycles. The number of rotatable bonds is 3. The topological polar surface area (TPSA) is 92.2 Å². The Bertz CT molecular complexity index is 605. The van der Waals surface area contributed by atoms with Crippen molar-refractivity contribution in [2.75, 3.05) is 5.73 Å². The first-order valence-electron chi connectivity index (χ1n) is 5.27. The standard InChI is InChI=1S/C13H11N3O2/c14-7-9-5-6-16-13(12(9)15)18-11-4-2-1-3-10(11)8-17/h1-6,17H,8,15H2. The maximum atomic E-state index is 9.18. The molecule has 2 aromatic rings. The first-order valence-corrected chi connectivity index (χ1v) is 5.27. The van der Waals surface area contributed by atoms with E-state index in [0.717, 1.165) is 0 Å². The number of anilines is 1. The lowest BCUT2D eigenvalue weighted by Crippen LogP contribution is -1.99. The average Bonchev–Trinajstić information content (AvgIpc) is 2.42. The van der Waals surface area contributed by atoms with Crippen molar-refractivity contribution < 1.29 is 9.84 Å². The Balaban J connectivity index is 2.38. The van der Waals surface area contributed by atoms with Gasteiger partial charge in [-0.05, 0) is 12.1 Å². The van der Waals surface area contributed by atoms with Crippen LogP contribution in [0.5, 0.6) is 11.6 Å². The third-order valence-electron chi connectivity index (χ3n) is 2.42. The van der Waals surface area contributed by atoms with Crippen molar-refractivity contribution >= 4 is 5.69 Å². The summed E-state index contributed by atoms with van der Waals surface area (Å²) in [6.07, 6.45) is 1.45. The molecule has 2 rings (SSSR count). The molecule has 0 aliphatic carbocycles. The molecule has 0 aliphatic rings. The summed E-state index contributed by atoms with van der Waals surface area (Å²) in [4.78, 5) is 3.98. The number of nitrogens with zero attached hydrogens (tertiary/aromatic N) is 2. The van der Waals surface area contributed by atoms with E-state index in [1.54, 1.807) is 24.3 Å². The van der Waals surface area contributed by atoms with E-state index in [2.05, 4.69) is 4.98 Å². The molecule has 0 saturated carbocycles. The molecule has 1 aromatic heterocycles. The van der Waals surface area contributed by atoms with Crippen LogP contribution in [0.15, 0.2) is 36.5 Å². The number of para-hydroxylation sites is 1. The van der Waals surface area contributed by atoms with Gasteiger partial charge in [0, 0.05) is 11.8 Å². The van der Waals surface area contributed by atoms with Crippen LogP contribution >= 0.6 is 0 Å². The Morgan fingerprint density at radius 1 is 1.33 bits per heavy atom. The van der Waals surface area contributed by atoms with Gasteiger partial charge in [0.05, 0.1) is 12.2 Å². The van der Waals surface area contributed by atoms with Crippen LogP contribution in [-0.4, -0.2) is 10.1 Å². The molecule has 5 nitrogen and oxygen atoms in total. The van der Waals surface area contributed by atoms with Gasteiger partial charge in [0.25, 0.3) is 0 Å². The van der Waals surface area contributed by atoms with E-state index >= 15 is 0 Å². The lowest BCUT2D eigenvalue weighted by atomic mass is 10.2. The Kier molecular flexibility index (Phi) is 3.41. The van der Waals surface area contributed by atoms with E-state index in [1.165, 1.54) is 12.3 Å². The minimum absolute atomic E-state index is 0.145. The fourth-order valence-corrected chi connectivity index (χ4v) is 1.47. The van der Waals surface area contributed by atoms with Gasteiger partial charge in [-0.15, -0.1) is 0 Å². The second kappa shape index (κ2) is 5.17. The number of nitrogen functional groups attached to an aromatic ring is 1. The smallest absolute Gasteiger partial charge is 0.244 e. The quantitative estimate of drug-likeness (QED) is 0.855. The van der Waals surface area contributed by atoms with Crippen LogP contribution in [-0.2, 0) is 6.61 Å². The molecule has 0 bridgehead atoms. The maximum absolute atomic E-state index is 9.18. The summed E-state index contributed by atoms with van der Waals surface area (Å²) in [5, 5.41) is 18.0. The number of aromatic nitrogens is 1. The first-order chi connectivity index (χ1) is 8.76. The Morgan fingerprint density at radius 2 is 2.11 bits per heavy atom. The number of benzene rings is 1. The second-order valence-electron chi connectivity index (χ2n) is 3.56. The van der Waals surface area contributed by atoms with E-state index < -0.39 is 0 Å². The highest BCUT2D eigenvalue weighted by atomic mass is 16.5. The summed E-state index contributed by atoms with van der Waals surface area (Å²) >= 11 is 0. The number of nitrogens with two attached hydrogens (primary N) is 1. The summed E-state index contributed by atoms with van der Waals surface area (Å²) in [6, 6.07) is 10.5. The molecule has 18 heavy (non-hydrogen) atoms. The minimum atomic E-state index is -0.145. The van der Waals surface area contributed by atoms with E-state index in [-0.39, 0.29) is 18.2 Å². The van der Waals surface area contributed by atoms with Crippen LogP contribution in [0.2, 0.25) is 0 Å². The van der Waals surface area contributed by atoms with E-state index in [1.807, 2.05) is 6.07 Å². The normalized spacial score (nSPS) is 9.78. The minimum Gasteiger partial charge on any atom is -0.437 e. The van der Waals surface area contributed by atoms with Crippen molar-refractivity contribution in [3.63, 3.8) is 0 Å². The molecule has 0 atom stereocenters. The molecule has 5 heteroatoms. The number of ether oxygens (including phenoxy) is 1. The highest BCUT2D eigenvalue weighted by molar-refractivity contribution is 5.60. The van der Waals surface area contributed by atoms with Crippen molar-refractivity contribution in [2.45, 2.75) is 6.61 Å². The number of aliphatic hydroxyl groups is 1. The molecule has 0 aliphatic heterocycles. The first kappa shape index (κ1) is 11.9. The number of nitriles is 1. The predicted octanol–water partition coefficient (Wildman–Crippen LogP) is 1.82. The fraction of sp³-hybridized carbons (Fsp3) is 0.0769. The van der Waals surface area contributed by atoms with E-state index in [4.69, 9.17) is 15.7 Å². The number of pyridine rings is 1. The Labute approximate surface area is 104 Å². The molecule has 0 radical (unpaired) electrons. The largest absolute Gasteiger partial charge is 0.437 e. The molecule has 0 spiro atoms. The van der Waals surface area contributed by atoms with Gasteiger partial charge >= 0.3 is 0 Å². The zero-order valence-corrected chi connectivity index (χ0v) is 9.50. The van der Waals surface area contributed by atoms with Gasteiger partial charge in [-0.3, -0.25) is 0 Å². The SMILES string of the molecule is N#Cc1ccnc(Oc2ccccc2CO)c1N. The molecular weight excluding hydrogens is 230 g/mol. The lowest BCUT2D eigenvalue weighted by Gasteiger charge is -2.10. The zero-order chi connectivity index (χ0) is 13.0. The number of hydrogen-bond donors (Lipinski definition) is 2. The van der Waals surface area contributed by atoms with Crippen LogP contribution < -0.4 is 10.5 Å². The summed E-state index contributed by atoms with van der Waals surface area (Å²) in [7, 11) is 0. The van der Waals surface area contributed by atoms with Crippen LogP contribution in [0.4, 0.5) is 5.69 Å². The van der Waals surface area contributed by atoms with E-state index in [9.17, 15) is 5.11 Å². The zero-order valence-electron chi connectivity index (χ0n) is 9.50. The van der Waals surface area contributed by atoms with Gasteiger partial charge in [-0.1, -0.05) is 18.2 Å². The summed E-state index contributed by atoms with van der Waals surface area (Å²) in [5.41, 5.74) is 6.88. The number of aliphatic hydroxyl groups excluding tert-OH is 1. The Morgan fingerprint density at radius 3 is 2.83 bits per heavy atom. The van der Waals surface area contributed by atoms with Gasteiger partial charge in [-0.2, -0.15) is 5.26 Å². The van der Waals surface area contributed by atoms with Crippen molar-refractivity contribution in [1.82, 2.24) is 4.98 Å². The third-order valence-corrected chi connectivity index (χ3v) is 2.42. The van der Waals surface area contributed by atoms with Gasteiger partial charge in [0.1, 0.15) is 17.5 Å². The summed E-state index contributed by atoms with van der Waals surface area (Å²) in [6.45, 7) is -0.145. The summed E-state index contributed by atoms with van der Waals surface area (Å²) < 4.78 is 5.53. The van der Waals surface area contributed by atoms with Crippen LogP contribution in [0.1, 0.15) is 11.1 Å². The maximum Gasteiger partial charge on any atom is 0.244 e. The lowest BCUT2D eigenvalue weighted by molar-refractivity contribution is 0.276. The van der Waals surface area contributed by atoms with Gasteiger partial charge in [-0.25, -0.2) is 4.98 Å². The van der Waals surface area contributed by atoms with Crippen molar-refractivity contribution in [2.24, 2.45) is 0 Å². The summed E-state index contributed by atoms with van der Waals surface area (Å²) in [5.74, 6) is 0.629. The van der Waals surface area contributed by atoms with Crippen LogP contribution in [0, 0.1) is 11.3 Å². The van der Waals surface area contributed by atoms with Crippen molar-refractivity contribution in [3.05, 3.63) is 47.7 Å². The highest BCUT2D eigenvalue weighted by Gasteiger charge is 2.10.